The lowest BCUT2D eigenvalue weighted by Gasteiger charge is -2.17. The number of para-hydroxylation sites is 1. The van der Waals surface area contributed by atoms with Crippen molar-refractivity contribution < 1.29 is 20.9 Å². The van der Waals surface area contributed by atoms with E-state index in [9.17, 15) is 2.74 Å². The lowest BCUT2D eigenvalue weighted by atomic mass is 9.86. The molecule has 0 bridgehead atoms. The first-order valence-electron chi connectivity index (χ1n) is 18.4. The van der Waals surface area contributed by atoms with Gasteiger partial charge in [-0.25, -0.2) is 0 Å². The Bertz CT molecular complexity index is 2550. The summed E-state index contributed by atoms with van der Waals surface area (Å²) >= 11 is 0. The molecule has 39 heavy (non-hydrogen) atoms. The Morgan fingerprint density at radius 2 is 1.36 bits per heavy atom. The van der Waals surface area contributed by atoms with E-state index < -0.39 is 66.5 Å². The molecular formula is C38H30O. The number of hydrogen-bond acceptors (Lipinski definition) is 1. The van der Waals surface area contributed by atoms with E-state index in [0.717, 1.165) is 5.57 Å². The largest absolute Gasteiger partial charge is 0.464 e. The van der Waals surface area contributed by atoms with Gasteiger partial charge in [-0.05, 0) is 75.4 Å². The van der Waals surface area contributed by atoms with Crippen molar-refractivity contribution in [3.8, 4) is 22.3 Å². The van der Waals surface area contributed by atoms with Gasteiger partial charge in [-0.1, -0.05) is 127 Å². The van der Waals surface area contributed by atoms with Crippen LogP contribution in [0.4, 0.5) is 0 Å². The standard InChI is InChI=1S/C38H30O/c1-3-4-14-27(2)31-24-23-30(25-29-17-8-13-22-36(29)39-26-31)38-34-20-11-9-18-32(34)37(28-15-6-5-7-16-28)33-19-10-12-21-35(33)38/h3-26H,1-2H3/b4-3-,24-23?,27-14+,30-25?,31-26?/i5D,6D,7D,9D,10D,11D,12D,15D,16D,18D,19D,20D. The van der Waals surface area contributed by atoms with Gasteiger partial charge in [0.15, 0.2) is 0 Å². The number of benzene rings is 5. The summed E-state index contributed by atoms with van der Waals surface area (Å²) in [5.74, 6) is 0. The summed E-state index contributed by atoms with van der Waals surface area (Å²) in [5, 5.41) is 0.399. The lowest BCUT2D eigenvalue weighted by molar-refractivity contribution is 0.605. The number of fused-ring (bicyclic) bond motifs is 3. The van der Waals surface area contributed by atoms with Gasteiger partial charge in [0.25, 0.3) is 0 Å². The molecule has 0 aliphatic rings. The van der Waals surface area contributed by atoms with Crippen molar-refractivity contribution in [1.29, 1.82) is 0 Å². The van der Waals surface area contributed by atoms with Crippen LogP contribution in [0.15, 0.2) is 150 Å². The zero-order chi connectivity index (χ0) is 37.0. The summed E-state index contributed by atoms with van der Waals surface area (Å²) in [6.07, 6.45) is 7.25. The van der Waals surface area contributed by atoms with E-state index in [0.29, 0.717) is 22.1 Å². The van der Waals surface area contributed by atoms with Crippen LogP contribution in [-0.2, 0) is 0 Å². The molecule has 0 amide bonds. The zero-order valence-corrected chi connectivity index (χ0v) is 21.3. The molecule has 0 atom stereocenters. The van der Waals surface area contributed by atoms with Crippen LogP contribution in [0.1, 0.15) is 35.9 Å². The highest BCUT2D eigenvalue weighted by Crippen LogP contribution is 2.43. The van der Waals surface area contributed by atoms with Gasteiger partial charge < -0.3 is 4.42 Å². The normalized spacial score (nSPS) is 16.2. The molecule has 1 nitrogen and oxygen atoms in total. The molecule has 0 N–H and O–H groups in total. The molecule has 0 spiro atoms. The van der Waals surface area contributed by atoms with Gasteiger partial charge in [0, 0.05) is 10.9 Å². The molecule has 1 heterocycles. The smallest absolute Gasteiger partial charge is 0.133 e. The van der Waals surface area contributed by atoms with E-state index in [1.54, 1.807) is 48.7 Å². The Balaban J connectivity index is 2.00. The minimum absolute atomic E-state index is 0.0490. The van der Waals surface area contributed by atoms with Crippen LogP contribution < -0.4 is 0 Å². The second-order valence-electron chi connectivity index (χ2n) is 8.86. The third-order valence-electron chi connectivity index (χ3n) is 6.47. The first kappa shape index (κ1) is 14.3. The van der Waals surface area contributed by atoms with E-state index in [-0.39, 0.29) is 44.3 Å². The van der Waals surface area contributed by atoms with Crippen LogP contribution in [0, 0.1) is 0 Å². The first-order valence-corrected chi connectivity index (χ1v) is 12.4. The number of allylic oxidation sites excluding steroid dienone is 4. The third kappa shape index (κ3) is 4.76. The van der Waals surface area contributed by atoms with Crippen molar-refractivity contribution in [2.75, 3.05) is 0 Å². The van der Waals surface area contributed by atoms with Gasteiger partial charge >= 0.3 is 0 Å². The first-order chi connectivity index (χ1) is 24.2. The molecule has 188 valence electrons. The summed E-state index contributed by atoms with van der Waals surface area (Å²) in [6.45, 7) is 3.79. The highest BCUT2D eigenvalue weighted by Gasteiger charge is 2.16. The highest BCUT2D eigenvalue weighted by molar-refractivity contribution is 6.21. The molecule has 0 aliphatic heterocycles. The molecule has 6 rings (SSSR count). The summed E-state index contributed by atoms with van der Waals surface area (Å²) in [5.41, 5.74) is 2.01. The Hall–Kier alpha value is -4.88. The predicted molar refractivity (Wildman–Crippen MR) is 168 cm³/mol. The van der Waals surface area contributed by atoms with Crippen molar-refractivity contribution in [2.45, 2.75) is 13.8 Å². The molecule has 0 saturated heterocycles. The average Bonchev–Trinajstić information content (AvgIpc) is 3.21. The van der Waals surface area contributed by atoms with E-state index in [1.165, 1.54) is 6.07 Å². The molecule has 5 aromatic carbocycles. The topological polar surface area (TPSA) is 13.1 Å². The Morgan fingerprint density at radius 3 is 2.13 bits per heavy atom. The molecule has 1 heteroatoms. The molecule has 6 aromatic rings. The van der Waals surface area contributed by atoms with Crippen molar-refractivity contribution in [1.82, 2.24) is 0 Å². The molecular weight excluding hydrogens is 472 g/mol. The van der Waals surface area contributed by atoms with Crippen LogP contribution in [0.5, 0.6) is 0 Å². The van der Waals surface area contributed by atoms with Crippen LogP contribution in [0.2, 0.25) is 0 Å². The summed E-state index contributed by atoms with van der Waals surface area (Å²) in [7, 11) is 0. The van der Waals surface area contributed by atoms with E-state index in [1.807, 2.05) is 32.1 Å². The minimum atomic E-state index is -0.675. The molecule has 0 fully saturated rings. The van der Waals surface area contributed by atoms with Gasteiger partial charge in [0.2, 0.25) is 0 Å². The van der Waals surface area contributed by atoms with Crippen molar-refractivity contribution in [2.24, 2.45) is 0 Å². The second-order valence-corrected chi connectivity index (χ2v) is 8.86. The maximum Gasteiger partial charge on any atom is 0.133 e. The Morgan fingerprint density at radius 1 is 0.692 bits per heavy atom. The fourth-order valence-electron chi connectivity index (χ4n) is 4.60. The third-order valence-corrected chi connectivity index (χ3v) is 6.47. The maximum absolute atomic E-state index is 9.24. The van der Waals surface area contributed by atoms with Gasteiger partial charge in [-0.3, -0.25) is 0 Å². The second kappa shape index (κ2) is 10.8. The number of hydrogen-bond donors (Lipinski definition) is 0. The summed E-state index contributed by atoms with van der Waals surface area (Å²) in [4.78, 5) is 0. The molecule has 0 aliphatic carbocycles. The Labute approximate surface area is 246 Å². The lowest BCUT2D eigenvalue weighted by Crippen LogP contribution is -1.90. The Kier molecular flexibility index (Phi) is 3.98. The molecule has 1 aromatic heterocycles. The van der Waals surface area contributed by atoms with E-state index >= 15 is 0 Å². The van der Waals surface area contributed by atoms with Crippen molar-refractivity contribution >= 4 is 38.1 Å². The van der Waals surface area contributed by atoms with Crippen molar-refractivity contribution in [3.05, 3.63) is 151 Å². The maximum atomic E-state index is 9.24. The predicted octanol–water partition coefficient (Wildman–Crippen LogP) is 11.2. The average molecular weight is 515 g/mol. The summed E-state index contributed by atoms with van der Waals surface area (Å²) < 4.78 is 111. The monoisotopic (exact) mass is 514 g/mol. The number of rotatable bonds is 4. The minimum Gasteiger partial charge on any atom is -0.464 e. The van der Waals surface area contributed by atoms with E-state index in [4.69, 9.17) is 18.1 Å². The fraction of sp³-hybridized carbons (Fsp3) is 0.0526. The van der Waals surface area contributed by atoms with Gasteiger partial charge in [0.1, 0.15) is 5.58 Å². The summed E-state index contributed by atoms with van der Waals surface area (Å²) in [6, 6.07) is 6.91. The van der Waals surface area contributed by atoms with Crippen molar-refractivity contribution in [3.63, 3.8) is 0 Å². The van der Waals surface area contributed by atoms with Crippen LogP contribution in [0.3, 0.4) is 0 Å². The quantitative estimate of drug-likeness (QED) is 0.168. The van der Waals surface area contributed by atoms with Gasteiger partial charge in [-0.2, -0.15) is 0 Å². The molecule has 0 saturated carbocycles. The highest BCUT2D eigenvalue weighted by atomic mass is 16.3. The van der Waals surface area contributed by atoms with Gasteiger partial charge in [-0.15, -0.1) is 0 Å². The zero-order valence-electron chi connectivity index (χ0n) is 33.3. The van der Waals surface area contributed by atoms with Crippen LogP contribution >= 0.6 is 0 Å². The van der Waals surface area contributed by atoms with Crippen LogP contribution in [0.25, 0.3) is 60.3 Å². The van der Waals surface area contributed by atoms with Crippen LogP contribution in [-0.4, -0.2) is 0 Å². The van der Waals surface area contributed by atoms with E-state index in [2.05, 4.69) is 0 Å². The molecule has 0 unspecified atom stereocenters. The van der Waals surface area contributed by atoms with Gasteiger partial charge in [0.05, 0.1) is 22.7 Å². The SMILES string of the molecule is [2H]c1cc2c(-c3ccc(/C(C)=C/C=C\C)coc4ccccc4c3)c3c([2H])c([2H])c([2H])c([2H])c3c(-c3c([2H])c([2H])c([2H])c([2H])c3[2H])c2c([2H])c1[2H]. The molecule has 0 radical (unpaired) electrons. The fourth-order valence-corrected chi connectivity index (χ4v) is 4.60.